The fraction of sp³-hybridized carbons (Fsp3) is 0.429. The van der Waals surface area contributed by atoms with Gasteiger partial charge < -0.3 is 20.5 Å². The maximum Gasteiger partial charge on any atom is 0.337 e. The molecule has 1 rings (SSSR count). The number of nitrogens with one attached hydrogen (secondary N) is 2. The average Bonchev–Trinajstić information content (AvgIpc) is 2.38. The maximum atomic E-state index is 11.9. The van der Waals surface area contributed by atoms with Crippen molar-refractivity contribution in [3.8, 4) is 0 Å². The van der Waals surface area contributed by atoms with Crippen molar-refractivity contribution in [1.29, 1.82) is 0 Å². The van der Waals surface area contributed by atoms with Crippen molar-refractivity contribution < 1.29 is 19.4 Å². The predicted molar refractivity (Wildman–Crippen MR) is 88.8 cm³/mol. The summed E-state index contributed by atoms with van der Waals surface area (Å²) in [5.41, 5.74) is -0.163. The molecule has 0 fully saturated rings. The van der Waals surface area contributed by atoms with Crippen molar-refractivity contribution in [3.05, 3.63) is 27.3 Å². The van der Waals surface area contributed by atoms with Crippen molar-refractivity contribution in [3.63, 3.8) is 0 Å². The second-order valence-electron chi connectivity index (χ2n) is 5.00. The van der Waals surface area contributed by atoms with Gasteiger partial charge in [-0.25, -0.2) is 9.59 Å². The number of rotatable bonds is 6. The van der Waals surface area contributed by atoms with Gasteiger partial charge in [0.1, 0.15) is 0 Å². The zero-order chi connectivity index (χ0) is 16.0. The summed E-state index contributed by atoms with van der Waals surface area (Å²) in [7, 11) is 0. The number of carboxylic acid groups (broad SMARTS) is 1. The van der Waals surface area contributed by atoms with E-state index < -0.39 is 17.6 Å². The number of carbonyl (C=O) groups excluding carboxylic acids is 1. The number of carboxylic acids is 1. The number of hydrogen-bond donors (Lipinski definition) is 3. The van der Waals surface area contributed by atoms with Gasteiger partial charge in [-0.15, -0.1) is 0 Å². The van der Waals surface area contributed by atoms with Gasteiger partial charge in [0.2, 0.25) is 0 Å². The molecule has 0 aliphatic rings. The molecule has 0 bridgehead atoms. The Morgan fingerprint density at radius 3 is 2.62 bits per heavy atom. The molecule has 3 N–H and O–H groups in total. The third-order valence-electron chi connectivity index (χ3n) is 2.67. The lowest BCUT2D eigenvalue weighted by Crippen LogP contribution is -2.42. The first kappa shape index (κ1) is 17.7. The number of urea groups is 1. The van der Waals surface area contributed by atoms with Gasteiger partial charge in [-0.1, -0.05) is 0 Å². The van der Waals surface area contributed by atoms with E-state index in [0.29, 0.717) is 13.2 Å². The van der Waals surface area contributed by atoms with Crippen LogP contribution in [0, 0.1) is 3.57 Å². The number of amides is 2. The van der Waals surface area contributed by atoms with Crippen LogP contribution in [0.3, 0.4) is 0 Å². The lowest BCUT2D eigenvalue weighted by atomic mass is 10.1. The Labute approximate surface area is 137 Å². The number of benzene rings is 1. The molecule has 0 radical (unpaired) electrons. The first-order valence-electron chi connectivity index (χ1n) is 6.47. The Morgan fingerprint density at radius 1 is 1.38 bits per heavy atom. The van der Waals surface area contributed by atoms with E-state index in [9.17, 15) is 9.59 Å². The van der Waals surface area contributed by atoms with Crippen LogP contribution < -0.4 is 10.6 Å². The number of anilines is 1. The molecular formula is C14H19IN2O4. The van der Waals surface area contributed by atoms with Crippen LogP contribution in [-0.2, 0) is 4.74 Å². The zero-order valence-corrected chi connectivity index (χ0v) is 14.4. The van der Waals surface area contributed by atoms with Crippen molar-refractivity contribution in [2.45, 2.75) is 26.4 Å². The molecule has 0 saturated heterocycles. The molecule has 0 saturated carbocycles. The van der Waals surface area contributed by atoms with Gasteiger partial charge in [0, 0.05) is 16.7 Å². The van der Waals surface area contributed by atoms with E-state index in [2.05, 4.69) is 10.6 Å². The Balaban J connectivity index is 2.69. The highest BCUT2D eigenvalue weighted by molar-refractivity contribution is 14.1. The molecule has 0 heterocycles. The summed E-state index contributed by atoms with van der Waals surface area (Å²) in [4.78, 5) is 23.0. The van der Waals surface area contributed by atoms with E-state index in [1.807, 2.05) is 43.4 Å². The van der Waals surface area contributed by atoms with E-state index in [4.69, 9.17) is 9.84 Å². The van der Waals surface area contributed by atoms with Crippen LogP contribution in [-0.4, -0.2) is 35.9 Å². The van der Waals surface area contributed by atoms with Crippen LogP contribution in [0.25, 0.3) is 0 Å². The number of carbonyl (C=O) groups is 2. The molecule has 7 heteroatoms. The molecule has 0 aliphatic carbocycles. The smallest absolute Gasteiger partial charge is 0.337 e. The second-order valence-corrected chi connectivity index (χ2v) is 6.24. The van der Waals surface area contributed by atoms with Gasteiger partial charge in [-0.3, -0.25) is 0 Å². The maximum absolute atomic E-state index is 11.9. The van der Waals surface area contributed by atoms with Crippen LogP contribution in [0.15, 0.2) is 18.2 Å². The standard InChI is InChI=1S/C14H19IN2O4/c1-4-21-14(2,3)8-16-13(20)17-11-6-5-9(15)7-10(11)12(18)19/h5-7H,4,8H2,1-3H3,(H,18,19)(H2,16,17,20). The lowest BCUT2D eigenvalue weighted by Gasteiger charge is -2.25. The normalized spacial score (nSPS) is 11.0. The largest absolute Gasteiger partial charge is 0.478 e. The molecule has 0 unspecified atom stereocenters. The van der Waals surface area contributed by atoms with Crippen LogP contribution in [0.4, 0.5) is 10.5 Å². The second kappa shape index (κ2) is 7.60. The molecule has 1 aromatic carbocycles. The third-order valence-corrected chi connectivity index (χ3v) is 3.34. The van der Waals surface area contributed by atoms with E-state index in [0.717, 1.165) is 3.57 Å². The zero-order valence-electron chi connectivity index (χ0n) is 12.2. The summed E-state index contributed by atoms with van der Waals surface area (Å²) >= 11 is 2.02. The molecule has 116 valence electrons. The first-order valence-corrected chi connectivity index (χ1v) is 7.54. The fourth-order valence-electron chi connectivity index (χ4n) is 1.70. The topological polar surface area (TPSA) is 87.7 Å². The SMILES string of the molecule is CCOC(C)(C)CNC(=O)Nc1ccc(I)cc1C(=O)O. The summed E-state index contributed by atoms with van der Waals surface area (Å²) < 4.78 is 6.26. The van der Waals surface area contributed by atoms with Crippen LogP contribution >= 0.6 is 22.6 Å². The van der Waals surface area contributed by atoms with E-state index in [-0.39, 0.29) is 11.3 Å². The van der Waals surface area contributed by atoms with Crippen molar-refractivity contribution >= 4 is 40.3 Å². The summed E-state index contributed by atoms with van der Waals surface area (Å²) in [6, 6.07) is 4.33. The van der Waals surface area contributed by atoms with Crippen molar-refractivity contribution in [1.82, 2.24) is 5.32 Å². The number of ether oxygens (including phenoxy) is 1. The Kier molecular flexibility index (Phi) is 6.41. The van der Waals surface area contributed by atoms with E-state index >= 15 is 0 Å². The molecule has 1 aromatic rings. The minimum Gasteiger partial charge on any atom is -0.478 e. The van der Waals surface area contributed by atoms with Gasteiger partial charge >= 0.3 is 12.0 Å². The van der Waals surface area contributed by atoms with Crippen LogP contribution in [0.2, 0.25) is 0 Å². The number of hydrogen-bond acceptors (Lipinski definition) is 3. The summed E-state index contributed by atoms with van der Waals surface area (Å²) in [6.45, 7) is 6.48. The first-order chi connectivity index (χ1) is 9.75. The van der Waals surface area contributed by atoms with Crippen LogP contribution in [0.1, 0.15) is 31.1 Å². The molecular weight excluding hydrogens is 387 g/mol. The molecule has 0 aliphatic heterocycles. The summed E-state index contributed by atoms with van der Waals surface area (Å²) in [6.07, 6.45) is 0. The van der Waals surface area contributed by atoms with E-state index in [1.54, 1.807) is 12.1 Å². The highest BCUT2D eigenvalue weighted by atomic mass is 127. The quantitative estimate of drug-likeness (QED) is 0.634. The van der Waals surface area contributed by atoms with Gasteiger partial charge in [0.05, 0.1) is 16.9 Å². The van der Waals surface area contributed by atoms with Gasteiger partial charge in [0.25, 0.3) is 0 Å². The average molecular weight is 406 g/mol. The molecule has 21 heavy (non-hydrogen) atoms. The summed E-state index contributed by atoms with van der Waals surface area (Å²) in [5.74, 6) is -1.08. The monoisotopic (exact) mass is 406 g/mol. The number of aromatic carboxylic acids is 1. The number of halogens is 1. The highest BCUT2D eigenvalue weighted by Crippen LogP contribution is 2.19. The minimum absolute atomic E-state index is 0.0566. The third kappa shape index (κ3) is 5.88. The molecule has 0 spiro atoms. The Morgan fingerprint density at radius 2 is 2.05 bits per heavy atom. The molecule has 0 aromatic heterocycles. The Bertz CT molecular complexity index is 532. The van der Waals surface area contributed by atoms with Gasteiger partial charge in [0.15, 0.2) is 0 Å². The molecule has 2 amide bonds. The van der Waals surface area contributed by atoms with Gasteiger partial charge in [-0.05, 0) is 61.6 Å². The Hall–Kier alpha value is -1.35. The lowest BCUT2D eigenvalue weighted by molar-refractivity contribution is -0.00663. The van der Waals surface area contributed by atoms with Crippen molar-refractivity contribution in [2.24, 2.45) is 0 Å². The van der Waals surface area contributed by atoms with Crippen molar-refractivity contribution in [2.75, 3.05) is 18.5 Å². The minimum atomic E-state index is -1.08. The summed E-state index contributed by atoms with van der Waals surface area (Å²) in [5, 5.41) is 14.3. The molecule has 0 atom stereocenters. The molecule has 6 nitrogen and oxygen atoms in total. The van der Waals surface area contributed by atoms with Gasteiger partial charge in [-0.2, -0.15) is 0 Å². The highest BCUT2D eigenvalue weighted by Gasteiger charge is 2.19. The van der Waals surface area contributed by atoms with E-state index in [1.165, 1.54) is 6.07 Å². The fourth-order valence-corrected chi connectivity index (χ4v) is 2.20. The predicted octanol–water partition coefficient (Wildman–Crippen LogP) is 2.93. The van der Waals surface area contributed by atoms with Crippen LogP contribution in [0.5, 0.6) is 0 Å².